The molecule has 0 bridgehead atoms. The van der Waals surface area contributed by atoms with Crippen LogP contribution in [0.25, 0.3) is 0 Å². The molecule has 5 heteroatoms. The first kappa shape index (κ1) is 12.8. The van der Waals surface area contributed by atoms with Crippen molar-refractivity contribution in [3.05, 3.63) is 51.7 Å². The van der Waals surface area contributed by atoms with Crippen molar-refractivity contribution in [1.82, 2.24) is 9.55 Å². The molecule has 1 aliphatic carbocycles. The Balaban J connectivity index is 2.21. The van der Waals surface area contributed by atoms with Gasteiger partial charge >= 0.3 is 5.69 Å². The number of aromatic nitrogens is 2. The van der Waals surface area contributed by atoms with E-state index in [0.717, 1.165) is 0 Å². The normalized spacial score (nSPS) is 24.4. The minimum atomic E-state index is -0.386. The van der Waals surface area contributed by atoms with Crippen LogP contribution in [0.1, 0.15) is 24.9 Å². The zero-order chi connectivity index (χ0) is 13.3. The Bertz CT molecular complexity index is 568. The lowest BCUT2D eigenvalue weighted by molar-refractivity contribution is 0.0460. The van der Waals surface area contributed by atoms with Crippen LogP contribution in [0.2, 0.25) is 0 Å². The zero-order valence-electron chi connectivity index (χ0n) is 10.6. The number of hydrogen-bond donors (Lipinski definition) is 1. The van der Waals surface area contributed by atoms with E-state index in [9.17, 15) is 9.59 Å². The van der Waals surface area contributed by atoms with E-state index in [2.05, 4.69) is 11.9 Å². The van der Waals surface area contributed by atoms with Crippen molar-refractivity contribution in [2.24, 2.45) is 0 Å². The number of rotatable bonds is 3. The molecule has 2 rings (SSSR count). The van der Waals surface area contributed by atoms with Gasteiger partial charge in [0, 0.05) is 18.2 Å². The maximum atomic E-state index is 11.7. The Morgan fingerprint density at radius 3 is 2.89 bits per heavy atom. The third-order valence-corrected chi connectivity index (χ3v) is 2.93. The molecule has 0 saturated heterocycles. The molecule has 1 aromatic heterocycles. The van der Waals surface area contributed by atoms with Crippen LogP contribution >= 0.6 is 0 Å². The molecule has 1 aliphatic rings. The van der Waals surface area contributed by atoms with E-state index in [1.807, 2.05) is 19.1 Å². The van der Waals surface area contributed by atoms with Gasteiger partial charge in [0.15, 0.2) is 0 Å². The van der Waals surface area contributed by atoms with Gasteiger partial charge in [0.25, 0.3) is 5.56 Å². The molecule has 1 N–H and O–H groups in total. The Kier molecular flexibility index (Phi) is 3.52. The van der Waals surface area contributed by atoms with Gasteiger partial charge in [-0.3, -0.25) is 14.3 Å². The first-order valence-corrected chi connectivity index (χ1v) is 5.96. The molecular weight excluding hydrogens is 232 g/mol. The molecular formula is C13H17N2O3-. The number of nitrogens with one attached hydrogen (secondary N) is 1. The van der Waals surface area contributed by atoms with Crippen LogP contribution in [0.3, 0.4) is 0 Å². The van der Waals surface area contributed by atoms with Crippen LogP contribution in [-0.2, 0) is 4.74 Å². The van der Waals surface area contributed by atoms with Gasteiger partial charge < -0.3 is 11.7 Å². The van der Waals surface area contributed by atoms with E-state index in [0.29, 0.717) is 12.0 Å². The molecule has 3 atom stereocenters. The van der Waals surface area contributed by atoms with Crippen molar-refractivity contribution in [2.45, 2.75) is 38.5 Å². The fourth-order valence-electron chi connectivity index (χ4n) is 2.09. The highest BCUT2D eigenvalue weighted by Gasteiger charge is 2.21. The van der Waals surface area contributed by atoms with Crippen molar-refractivity contribution in [2.75, 3.05) is 0 Å². The molecule has 0 radical (unpaired) electrons. The van der Waals surface area contributed by atoms with Crippen LogP contribution in [0, 0.1) is 13.8 Å². The first-order valence-electron chi connectivity index (χ1n) is 5.96. The minimum Gasteiger partial charge on any atom is -0.403 e. The second kappa shape index (κ2) is 4.94. The van der Waals surface area contributed by atoms with Gasteiger partial charge in [-0.25, -0.2) is 4.79 Å². The molecule has 0 aromatic carbocycles. The quantitative estimate of drug-likeness (QED) is 0.641. The molecule has 0 aliphatic heterocycles. The van der Waals surface area contributed by atoms with Gasteiger partial charge in [0.1, 0.15) is 0 Å². The molecule has 3 unspecified atom stereocenters. The first-order chi connectivity index (χ1) is 8.47. The molecule has 1 aromatic rings. The SMILES string of the molecule is [CH2-]C(C)OC1C=CC(n2cc(C)c(=O)[nH]c2=O)C1. The van der Waals surface area contributed by atoms with Gasteiger partial charge in [-0.1, -0.05) is 25.2 Å². The van der Waals surface area contributed by atoms with E-state index >= 15 is 0 Å². The Labute approximate surface area is 105 Å². The van der Waals surface area contributed by atoms with E-state index in [4.69, 9.17) is 4.74 Å². The second-order valence-corrected chi connectivity index (χ2v) is 4.65. The van der Waals surface area contributed by atoms with E-state index < -0.39 is 0 Å². The largest absolute Gasteiger partial charge is 0.403 e. The summed E-state index contributed by atoms with van der Waals surface area (Å²) in [7, 11) is 0. The highest BCUT2D eigenvalue weighted by atomic mass is 16.5. The van der Waals surface area contributed by atoms with E-state index in [1.165, 1.54) is 4.57 Å². The maximum absolute atomic E-state index is 11.7. The summed E-state index contributed by atoms with van der Waals surface area (Å²) in [6, 6.07) is -0.0724. The third kappa shape index (κ3) is 2.61. The average Bonchev–Trinajstić information content (AvgIpc) is 2.70. The van der Waals surface area contributed by atoms with Crippen LogP contribution in [0.4, 0.5) is 0 Å². The molecule has 98 valence electrons. The summed E-state index contributed by atoms with van der Waals surface area (Å²) >= 11 is 0. The third-order valence-electron chi connectivity index (χ3n) is 2.93. The number of H-pyrrole nitrogens is 1. The number of ether oxygens (including phenoxy) is 1. The summed E-state index contributed by atoms with van der Waals surface area (Å²) in [5.41, 5.74) is -0.195. The minimum absolute atomic E-state index is 0.0263. The number of hydrogen-bond acceptors (Lipinski definition) is 3. The highest BCUT2D eigenvalue weighted by molar-refractivity contribution is 5.10. The molecule has 0 amide bonds. The fourth-order valence-corrected chi connectivity index (χ4v) is 2.09. The molecule has 0 saturated carbocycles. The molecule has 18 heavy (non-hydrogen) atoms. The fraction of sp³-hybridized carbons (Fsp3) is 0.462. The monoisotopic (exact) mass is 249 g/mol. The molecule has 1 heterocycles. The van der Waals surface area contributed by atoms with Crippen LogP contribution in [-0.4, -0.2) is 21.8 Å². The van der Waals surface area contributed by atoms with Gasteiger partial charge in [-0.2, -0.15) is 0 Å². The van der Waals surface area contributed by atoms with Gasteiger partial charge in [0.2, 0.25) is 0 Å². The Morgan fingerprint density at radius 2 is 2.22 bits per heavy atom. The molecule has 5 nitrogen and oxygen atoms in total. The highest BCUT2D eigenvalue weighted by Crippen LogP contribution is 2.24. The maximum Gasteiger partial charge on any atom is 0.328 e. The van der Waals surface area contributed by atoms with Crippen molar-refractivity contribution in [1.29, 1.82) is 0 Å². The zero-order valence-corrected chi connectivity index (χ0v) is 10.6. The van der Waals surface area contributed by atoms with Crippen molar-refractivity contribution in [3.8, 4) is 0 Å². The second-order valence-electron chi connectivity index (χ2n) is 4.65. The lowest BCUT2D eigenvalue weighted by Gasteiger charge is -2.20. The van der Waals surface area contributed by atoms with Crippen LogP contribution in [0.15, 0.2) is 27.9 Å². The summed E-state index contributed by atoms with van der Waals surface area (Å²) in [5, 5.41) is 0. The van der Waals surface area contributed by atoms with Crippen molar-refractivity contribution in [3.63, 3.8) is 0 Å². The van der Waals surface area contributed by atoms with Crippen LogP contribution < -0.4 is 11.2 Å². The average molecular weight is 249 g/mol. The van der Waals surface area contributed by atoms with Crippen LogP contribution in [0.5, 0.6) is 0 Å². The molecule has 0 fully saturated rings. The summed E-state index contributed by atoms with van der Waals surface area (Å²) in [6.07, 6.45) is 6.01. The van der Waals surface area contributed by atoms with Gasteiger partial charge in [-0.15, -0.1) is 0 Å². The lowest BCUT2D eigenvalue weighted by Crippen LogP contribution is -2.33. The molecule has 0 spiro atoms. The predicted molar refractivity (Wildman–Crippen MR) is 68.5 cm³/mol. The summed E-state index contributed by atoms with van der Waals surface area (Å²) < 4.78 is 7.10. The lowest BCUT2D eigenvalue weighted by atomic mass is 10.2. The van der Waals surface area contributed by atoms with Gasteiger partial charge in [0.05, 0.1) is 12.1 Å². The Hall–Kier alpha value is -1.62. The van der Waals surface area contributed by atoms with Crippen molar-refractivity contribution >= 4 is 0 Å². The summed E-state index contributed by atoms with van der Waals surface area (Å²) in [6.45, 7) is 7.32. The van der Waals surface area contributed by atoms with E-state index in [-0.39, 0.29) is 29.5 Å². The number of nitrogens with zero attached hydrogens (tertiary/aromatic N) is 1. The van der Waals surface area contributed by atoms with Crippen molar-refractivity contribution < 1.29 is 4.74 Å². The summed E-state index contributed by atoms with van der Waals surface area (Å²) in [5.74, 6) is 0. The summed E-state index contributed by atoms with van der Waals surface area (Å²) in [4.78, 5) is 25.3. The smallest absolute Gasteiger partial charge is 0.328 e. The Morgan fingerprint density at radius 1 is 1.50 bits per heavy atom. The number of aromatic amines is 1. The standard InChI is InChI=1S/C13H17N2O3/c1-8(2)18-11-5-4-10(6-11)15-7-9(3)12(16)14-13(15)17/h4-5,7-8,10-11H,1,6H2,2-3H3,(H,14,16,17)/q-1. The van der Waals surface area contributed by atoms with E-state index in [1.54, 1.807) is 13.1 Å². The predicted octanol–water partition coefficient (Wildman–Crippen LogP) is 0.954. The van der Waals surface area contributed by atoms with Gasteiger partial charge in [-0.05, 0) is 6.92 Å². The number of allylic oxidation sites excluding steroid dienone is 1. The number of aryl methyl sites for hydroxylation is 1. The topological polar surface area (TPSA) is 64.1 Å².